The van der Waals surface area contributed by atoms with E-state index in [1.807, 2.05) is 13.0 Å². The summed E-state index contributed by atoms with van der Waals surface area (Å²) in [5, 5.41) is 3.02. The second kappa shape index (κ2) is 10.9. The lowest BCUT2D eigenvalue weighted by atomic mass is 10.1. The third-order valence-electron chi connectivity index (χ3n) is 5.19. The number of halogens is 1. The summed E-state index contributed by atoms with van der Waals surface area (Å²) in [6.07, 6.45) is 0. The molecule has 3 rings (SSSR count). The number of hydrogen-bond acceptors (Lipinski definition) is 5. The highest BCUT2D eigenvalue weighted by Gasteiger charge is 2.28. The van der Waals surface area contributed by atoms with E-state index in [-0.39, 0.29) is 4.90 Å². The lowest BCUT2D eigenvalue weighted by molar-refractivity contribution is -0.114. The number of carbonyl (C=O) groups is 1. The van der Waals surface area contributed by atoms with Gasteiger partial charge in [0.2, 0.25) is 5.91 Å². The molecule has 0 saturated carbocycles. The molecular formula is C24H27ClN4O5S2. The van der Waals surface area contributed by atoms with E-state index in [2.05, 4.69) is 10.0 Å². The summed E-state index contributed by atoms with van der Waals surface area (Å²) < 4.78 is 55.8. The first-order chi connectivity index (χ1) is 16.8. The third kappa shape index (κ3) is 6.55. The van der Waals surface area contributed by atoms with Crippen molar-refractivity contribution in [2.75, 3.05) is 35.0 Å². The molecule has 0 aliphatic carbocycles. The first-order valence-electron chi connectivity index (χ1n) is 10.8. The summed E-state index contributed by atoms with van der Waals surface area (Å²) in [7, 11) is -5.07. The Hall–Kier alpha value is -3.12. The number of carbonyl (C=O) groups excluding carboxylic acids is 1. The number of nitrogens with one attached hydrogen (secondary N) is 2. The number of sulfonamides is 1. The fraction of sp³-hybridized carbons (Fsp3) is 0.208. The predicted molar refractivity (Wildman–Crippen MR) is 143 cm³/mol. The van der Waals surface area contributed by atoms with Crippen molar-refractivity contribution in [2.45, 2.75) is 18.7 Å². The Labute approximate surface area is 216 Å². The van der Waals surface area contributed by atoms with Gasteiger partial charge in [0.25, 0.3) is 10.0 Å². The van der Waals surface area contributed by atoms with Gasteiger partial charge in [0.15, 0.2) is 0 Å². The Balaban J connectivity index is 1.78. The van der Waals surface area contributed by atoms with Crippen LogP contribution in [0.25, 0.3) is 0 Å². The average molecular weight is 551 g/mol. The largest absolute Gasteiger partial charge is 0.325 e. The summed E-state index contributed by atoms with van der Waals surface area (Å²) in [5.41, 5.74) is 2.56. The Kier molecular flexibility index (Phi) is 8.29. The molecule has 0 radical (unpaired) electrons. The highest BCUT2D eigenvalue weighted by atomic mass is 35.5. The maximum Gasteiger partial charge on any atom is 0.304 e. The van der Waals surface area contributed by atoms with Crippen LogP contribution in [-0.2, 0) is 25.0 Å². The summed E-state index contributed by atoms with van der Waals surface area (Å²) in [5.74, 6) is -0.589. The molecular weight excluding hydrogens is 524 g/mol. The summed E-state index contributed by atoms with van der Waals surface area (Å²) in [6, 6.07) is 17.2. The molecule has 0 aromatic heterocycles. The molecule has 0 aliphatic rings. The minimum Gasteiger partial charge on any atom is -0.325 e. The van der Waals surface area contributed by atoms with Crippen molar-refractivity contribution in [3.05, 3.63) is 82.9 Å². The lowest BCUT2D eigenvalue weighted by Gasteiger charge is -2.28. The zero-order chi connectivity index (χ0) is 26.7. The van der Waals surface area contributed by atoms with Gasteiger partial charge in [0.1, 0.15) is 6.54 Å². The van der Waals surface area contributed by atoms with Gasteiger partial charge >= 0.3 is 10.2 Å². The fourth-order valence-corrected chi connectivity index (χ4v) is 5.65. The first-order valence-corrected chi connectivity index (χ1v) is 14.0. The van der Waals surface area contributed by atoms with Crippen molar-refractivity contribution >= 4 is 54.8 Å². The lowest BCUT2D eigenvalue weighted by Crippen LogP contribution is -2.44. The second-order valence-electron chi connectivity index (χ2n) is 8.28. The highest BCUT2D eigenvalue weighted by molar-refractivity contribution is 7.92. The molecule has 0 bridgehead atoms. The van der Waals surface area contributed by atoms with Gasteiger partial charge in [-0.1, -0.05) is 29.8 Å². The molecule has 0 heterocycles. The highest BCUT2D eigenvalue weighted by Crippen LogP contribution is 2.26. The van der Waals surface area contributed by atoms with E-state index < -0.39 is 32.7 Å². The van der Waals surface area contributed by atoms with Crippen LogP contribution in [0.1, 0.15) is 11.1 Å². The van der Waals surface area contributed by atoms with Gasteiger partial charge in [0, 0.05) is 24.8 Å². The van der Waals surface area contributed by atoms with Crippen molar-refractivity contribution in [3.63, 3.8) is 0 Å². The molecule has 9 nitrogen and oxygen atoms in total. The van der Waals surface area contributed by atoms with Crippen LogP contribution in [-0.4, -0.2) is 47.7 Å². The minimum atomic E-state index is -3.97. The summed E-state index contributed by atoms with van der Waals surface area (Å²) >= 11 is 5.91. The maximum absolute atomic E-state index is 13.0. The quantitative estimate of drug-likeness (QED) is 0.417. The van der Waals surface area contributed by atoms with Gasteiger partial charge in [-0.15, -0.1) is 0 Å². The molecule has 0 spiro atoms. The first kappa shape index (κ1) is 27.5. The van der Waals surface area contributed by atoms with E-state index in [1.54, 1.807) is 37.3 Å². The zero-order valence-corrected chi connectivity index (χ0v) is 22.6. The van der Waals surface area contributed by atoms with Crippen LogP contribution >= 0.6 is 11.6 Å². The molecule has 12 heteroatoms. The molecule has 192 valence electrons. The maximum atomic E-state index is 13.0. The van der Waals surface area contributed by atoms with Crippen molar-refractivity contribution in [1.29, 1.82) is 0 Å². The number of rotatable bonds is 9. The molecule has 0 fully saturated rings. The Morgan fingerprint density at radius 2 is 1.56 bits per heavy atom. The van der Waals surface area contributed by atoms with Crippen LogP contribution in [0.15, 0.2) is 71.6 Å². The Bertz CT molecular complexity index is 1470. The van der Waals surface area contributed by atoms with E-state index in [4.69, 9.17) is 11.6 Å². The van der Waals surface area contributed by atoms with Gasteiger partial charge in [-0.05, 0) is 73.5 Å². The minimum absolute atomic E-state index is 0.0207. The zero-order valence-electron chi connectivity index (χ0n) is 20.2. The Morgan fingerprint density at radius 3 is 2.17 bits per heavy atom. The second-order valence-corrected chi connectivity index (χ2v) is 12.5. The van der Waals surface area contributed by atoms with Gasteiger partial charge in [-0.3, -0.25) is 9.52 Å². The van der Waals surface area contributed by atoms with Crippen LogP contribution in [0, 0.1) is 13.8 Å². The SMILES string of the molecule is Cc1ccc(C)c(N(CC(=O)Nc2ccc(S(=O)(=O)Nc3cccc(Cl)c3)cc2)S(=O)(=O)N(C)C)c1. The molecule has 3 aromatic carbocycles. The number of aryl methyl sites for hydroxylation is 2. The molecule has 0 unspecified atom stereocenters. The van der Waals surface area contributed by atoms with E-state index >= 15 is 0 Å². The molecule has 2 N–H and O–H groups in total. The molecule has 0 aliphatic heterocycles. The van der Waals surface area contributed by atoms with Gasteiger partial charge < -0.3 is 5.32 Å². The summed E-state index contributed by atoms with van der Waals surface area (Å²) in [6.45, 7) is 3.13. The number of nitrogens with zero attached hydrogens (tertiary/aromatic N) is 2. The topological polar surface area (TPSA) is 116 Å². The number of amides is 1. The molecule has 0 atom stereocenters. The van der Waals surface area contributed by atoms with Crippen molar-refractivity contribution < 1.29 is 21.6 Å². The summed E-state index contributed by atoms with van der Waals surface area (Å²) in [4.78, 5) is 12.8. The van der Waals surface area contributed by atoms with Crippen molar-refractivity contribution in [2.24, 2.45) is 0 Å². The van der Waals surface area contributed by atoms with Crippen LogP contribution in [0.2, 0.25) is 5.02 Å². The fourth-order valence-electron chi connectivity index (χ4n) is 3.29. The molecule has 1 amide bonds. The standard InChI is InChI=1S/C24H27ClN4O5S2/c1-17-8-9-18(2)23(14-17)29(36(33,34)28(3)4)16-24(30)26-20-10-12-22(13-11-20)35(31,32)27-21-7-5-6-19(25)15-21/h5-15,27H,16H2,1-4H3,(H,26,30). The van der Waals surface area contributed by atoms with E-state index in [1.165, 1.54) is 44.4 Å². The van der Waals surface area contributed by atoms with Crippen LogP contribution in [0.3, 0.4) is 0 Å². The van der Waals surface area contributed by atoms with Crippen LogP contribution < -0.4 is 14.3 Å². The van der Waals surface area contributed by atoms with Crippen molar-refractivity contribution in [3.8, 4) is 0 Å². The molecule has 0 saturated heterocycles. The molecule has 36 heavy (non-hydrogen) atoms. The van der Waals surface area contributed by atoms with E-state index in [9.17, 15) is 21.6 Å². The normalized spacial score (nSPS) is 11.8. The number of hydrogen-bond donors (Lipinski definition) is 2. The number of anilines is 3. The number of benzene rings is 3. The van der Waals surface area contributed by atoms with Gasteiger partial charge in [-0.2, -0.15) is 12.7 Å². The average Bonchev–Trinajstić information content (AvgIpc) is 2.79. The van der Waals surface area contributed by atoms with Crippen LogP contribution in [0.5, 0.6) is 0 Å². The van der Waals surface area contributed by atoms with Crippen LogP contribution in [0.4, 0.5) is 17.1 Å². The van der Waals surface area contributed by atoms with Gasteiger partial charge in [0.05, 0.1) is 16.3 Å². The van der Waals surface area contributed by atoms with E-state index in [0.29, 0.717) is 27.6 Å². The van der Waals surface area contributed by atoms with Gasteiger partial charge in [-0.25, -0.2) is 12.7 Å². The van der Waals surface area contributed by atoms with Crippen molar-refractivity contribution in [1.82, 2.24) is 4.31 Å². The third-order valence-corrected chi connectivity index (χ3v) is 8.62. The van der Waals surface area contributed by atoms with E-state index in [0.717, 1.165) is 14.2 Å². The monoisotopic (exact) mass is 550 g/mol. The predicted octanol–water partition coefficient (Wildman–Crippen LogP) is 4.01. The smallest absolute Gasteiger partial charge is 0.304 e. The molecule has 3 aromatic rings. The Morgan fingerprint density at radius 1 is 0.889 bits per heavy atom.